The van der Waals surface area contributed by atoms with Gasteiger partial charge in [0, 0.05) is 0 Å². The lowest BCUT2D eigenvalue weighted by atomic mass is 9.89. The molecule has 0 aromatic rings. The third-order valence-electron chi connectivity index (χ3n) is 5.18. The summed E-state index contributed by atoms with van der Waals surface area (Å²) in [6.45, 7) is 8.72. The number of esters is 1. The minimum atomic E-state index is -0.622. The van der Waals surface area contributed by atoms with E-state index in [0.29, 0.717) is 6.61 Å². The summed E-state index contributed by atoms with van der Waals surface area (Å²) >= 11 is 0. The average Bonchev–Trinajstić information content (AvgIpc) is 3.33. The van der Waals surface area contributed by atoms with E-state index in [1.165, 1.54) is 70.6 Å². The van der Waals surface area contributed by atoms with E-state index in [-0.39, 0.29) is 18.0 Å². The molecule has 3 nitrogen and oxygen atoms in total. The van der Waals surface area contributed by atoms with Crippen molar-refractivity contribution in [3.8, 4) is 0 Å². The molecule has 0 saturated carbocycles. The normalized spacial score (nSPS) is 21.0. The van der Waals surface area contributed by atoms with Gasteiger partial charge in [-0.05, 0) is 26.2 Å². The van der Waals surface area contributed by atoms with E-state index < -0.39 is 5.60 Å². The van der Waals surface area contributed by atoms with Gasteiger partial charge in [-0.25, -0.2) is 4.79 Å². The molecule has 0 amide bonds. The van der Waals surface area contributed by atoms with E-state index in [1.807, 2.05) is 13.8 Å². The maximum Gasteiger partial charge on any atom is 0.341 e. The van der Waals surface area contributed by atoms with Gasteiger partial charge in [-0.1, -0.05) is 84.5 Å². The number of carbonyl (C=O) groups excluding carboxylic acids is 1. The van der Waals surface area contributed by atoms with Crippen LogP contribution in [0.4, 0.5) is 0 Å². The van der Waals surface area contributed by atoms with Gasteiger partial charge in [0.25, 0.3) is 0 Å². The van der Waals surface area contributed by atoms with Crippen molar-refractivity contribution >= 4 is 5.97 Å². The zero-order valence-corrected chi connectivity index (χ0v) is 16.6. The van der Waals surface area contributed by atoms with E-state index in [1.54, 1.807) is 0 Å². The fourth-order valence-electron chi connectivity index (χ4n) is 3.34. The molecule has 0 aromatic carbocycles. The molecule has 0 spiro atoms. The van der Waals surface area contributed by atoms with Gasteiger partial charge in [0.1, 0.15) is 0 Å². The summed E-state index contributed by atoms with van der Waals surface area (Å²) in [5, 5.41) is 0. The highest BCUT2D eigenvalue weighted by Gasteiger charge is 2.57. The highest BCUT2D eigenvalue weighted by molar-refractivity contribution is 5.82. The Kier molecular flexibility index (Phi) is 10.6. The Labute approximate surface area is 149 Å². The molecule has 1 heterocycles. The molecule has 1 fully saturated rings. The lowest BCUT2D eigenvalue weighted by molar-refractivity contribution is -0.156. The summed E-state index contributed by atoms with van der Waals surface area (Å²) in [6, 6.07) is 0. The van der Waals surface area contributed by atoms with E-state index in [2.05, 4.69) is 13.8 Å². The first kappa shape index (κ1) is 21.5. The molecule has 2 unspecified atom stereocenters. The first-order valence-corrected chi connectivity index (χ1v) is 10.4. The maximum atomic E-state index is 12.1. The summed E-state index contributed by atoms with van der Waals surface area (Å²) in [5.41, 5.74) is -0.622. The van der Waals surface area contributed by atoms with Gasteiger partial charge in [-0.3, -0.25) is 0 Å². The van der Waals surface area contributed by atoms with Crippen LogP contribution in [0, 0.1) is 5.92 Å². The summed E-state index contributed by atoms with van der Waals surface area (Å²) in [6.07, 6.45) is 15.9. The van der Waals surface area contributed by atoms with Gasteiger partial charge in [-0.2, -0.15) is 0 Å². The Hall–Kier alpha value is -0.570. The number of unbranched alkanes of at least 4 members (excludes halogenated alkanes) is 10. The molecule has 0 aliphatic carbocycles. The van der Waals surface area contributed by atoms with Crippen LogP contribution in [0.1, 0.15) is 105 Å². The fourth-order valence-corrected chi connectivity index (χ4v) is 3.34. The highest BCUT2D eigenvalue weighted by atomic mass is 16.6. The molecule has 142 valence electrons. The van der Waals surface area contributed by atoms with Crippen LogP contribution in [-0.2, 0) is 14.3 Å². The van der Waals surface area contributed by atoms with Crippen LogP contribution in [0.3, 0.4) is 0 Å². The van der Waals surface area contributed by atoms with Crippen molar-refractivity contribution in [2.75, 3.05) is 6.61 Å². The average molecular weight is 341 g/mol. The topological polar surface area (TPSA) is 38.8 Å². The van der Waals surface area contributed by atoms with E-state index in [9.17, 15) is 4.79 Å². The van der Waals surface area contributed by atoms with Crippen LogP contribution >= 0.6 is 0 Å². The Bertz CT molecular complexity index is 334. The summed E-state index contributed by atoms with van der Waals surface area (Å²) in [4.78, 5) is 12.1. The predicted molar refractivity (Wildman–Crippen MR) is 100 cm³/mol. The molecule has 1 rings (SSSR count). The molecule has 0 aromatic heterocycles. The zero-order valence-electron chi connectivity index (χ0n) is 16.6. The molecule has 1 saturated heterocycles. The van der Waals surface area contributed by atoms with Crippen LogP contribution in [0.25, 0.3) is 0 Å². The monoisotopic (exact) mass is 340 g/mol. The molecule has 24 heavy (non-hydrogen) atoms. The summed E-state index contributed by atoms with van der Waals surface area (Å²) in [7, 11) is 0. The Morgan fingerprint density at radius 3 is 1.79 bits per heavy atom. The van der Waals surface area contributed by atoms with Gasteiger partial charge < -0.3 is 9.47 Å². The predicted octanol–water partition coefficient (Wildman–Crippen LogP) is 6.04. The third kappa shape index (κ3) is 8.00. The van der Waals surface area contributed by atoms with Crippen molar-refractivity contribution < 1.29 is 14.3 Å². The van der Waals surface area contributed by atoms with Crippen LogP contribution in [0.15, 0.2) is 0 Å². The standard InChI is InChI=1S/C21H40O3/c1-5-6-7-8-9-10-11-12-13-14-15-16-19(4)21(17-23-21)20(22)24-18(2)3/h18-19H,5-17H2,1-4H3. The van der Waals surface area contributed by atoms with E-state index in [4.69, 9.17) is 9.47 Å². The molecule has 0 radical (unpaired) electrons. The fraction of sp³-hybridized carbons (Fsp3) is 0.952. The van der Waals surface area contributed by atoms with Crippen LogP contribution < -0.4 is 0 Å². The molecule has 3 heteroatoms. The van der Waals surface area contributed by atoms with E-state index >= 15 is 0 Å². The van der Waals surface area contributed by atoms with Gasteiger partial charge in [0.15, 0.2) is 5.60 Å². The Morgan fingerprint density at radius 2 is 1.38 bits per heavy atom. The summed E-state index contributed by atoms with van der Waals surface area (Å²) < 4.78 is 10.8. The second kappa shape index (κ2) is 11.9. The van der Waals surface area contributed by atoms with Gasteiger partial charge in [-0.15, -0.1) is 0 Å². The van der Waals surface area contributed by atoms with Crippen molar-refractivity contribution in [2.24, 2.45) is 5.92 Å². The van der Waals surface area contributed by atoms with Gasteiger partial charge in [0.05, 0.1) is 12.7 Å². The number of hydrogen-bond acceptors (Lipinski definition) is 3. The summed E-state index contributed by atoms with van der Waals surface area (Å²) in [5.74, 6) is 0.107. The van der Waals surface area contributed by atoms with Crippen LogP contribution in [-0.4, -0.2) is 24.3 Å². The quantitative estimate of drug-likeness (QED) is 0.207. The molecular formula is C21H40O3. The molecule has 1 aliphatic rings. The number of ether oxygens (including phenoxy) is 2. The molecule has 1 aliphatic heterocycles. The molecule has 0 N–H and O–H groups in total. The van der Waals surface area contributed by atoms with Crippen molar-refractivity contribution in [3.63, 3.8) is 0 Å². The van der Waals surface area contributed by atoms with Crippen molar-refractivity contribution in [2.45, 2.75) is 116 Å². The SMILES string of the molecule is CCCCCCCCCCCCCC(C)C1(C(=O)OC(C)C)CO1. The lowest BCUT2D eigenvalue weighted by Gasteiger charge is -2.20. The number of epoxide rings is 1. The largest absolute Gasteiger partial charge is 0.461 e. The minimum absolute atomic E-state index is 0.0623. The lowest BCUT2D eigenvalue weighted by Crippen LogP contribution is -2.35. The number of carbonyl (C=O) groups is 1. The minimum Gasteiger partial charge on any atom is -0.461 e. The highest BCUT2D eigenvalue weighted by Crippen LogP contribution is 2.39. The maximum absolute atomic E-state index is 12.1. The zero-order chi connectivity index (χ0) is 17.8. The van der Waals surface area contributed by atoms with Crippen LogP contribution in [0.5, 0.6) is 0 Å². The van der Waals surface area contributed by atoms with Crippen molar-refractivity contribution in [1.82, 2.24) is 0 Å². The first-order valence-electron chi connectivity index (χ1n) is 10.4. The Morgan fingerprint density at radius 1 is 0.917 bits per heavy atom. The number of hydrogen-bond donors (Lipinski definition) is 0. The molecule has 0 bridgehead atoms. The third-order valence-corrected chi connectivity index (χ3v) is 5.18. The number of rotatable bonds is 15. The van der Waals surface area contributed by atoms with Gasteiger partial charge >= 0.3 is 5.97 Å². The van der Waals surface area contributed by atoms with Gasteiger partial charge in [0.2, 0.25) is 0 Å². The smallest absolute Gasteiger partial charge is 0.341 e. The molecular weight excluding hydrogens is 300 g/mol. The second-order valence-electron chi connectivity index (χ2n) is 7.86. The van der Waals surface area contributed by atoms with Crippen molar-refractivity contribution in [3.05, 3.63) is 0 Å². The van der Waals surface area contributed by atoms with Crippen molar-refractivity contribution in [1.29, 1.82) is 0 Å². The Balaban J connectivity index is 1.98. The van der Waals surface area contributed by atoms with E-state index in [0.717, 1.165) is 6.42 Å². The first-order chi connectivity index (χ1) is 11.5. The second-order valence-corrected chi connectivity index (χ2v) is 7.86. The molecule has 2 atom stereocenters. The van der Waals surface area contributed by atoms with Crippen LogP contribution in [0.2, 0.25) is 0 Å².